The lowest BCUT2D eigenvalue weighted by atomic mass is 10.1. The van der Waals surface area contributed by atoms with E-state index in [2.05, 4.69) is 51.9 Å². The maximum absolute atomic E-state index is 3.63. The smallest absolute Gasteiger partial charge is 0.0469 e. The second kappa shape index (κ2) is 5.27. The molecule has 2 aromatic rings. The Bertz CT molecular complexity index is 484. The van der Waals surface area contributed by atoms with Crippen molar-refractivity contribution in [2.45, 2.75) is 18.9 Å². The molecule has 0 aliphatic carbocycles. The zero-order valence-electron chi connectivity index (χ0n) is 10.5. The van der Waals surface area contributed by atoms with Crippen molar-refractivity contribution in [3.8, 4) is 5.69 Å². The minimum atomic E-state index is 0.603. The molecule has 2 heterocycles. The maximum atomic E-state index is 3.63. The largest absolute Gasteiger partial charge is 0.382 e. The van der Waals surface area contributed by atoms with Gasteiger partial charge in [0.15, 0.2) is 0 Å². The zero-order chi connectivity index (χ0) is 12.2. The normalized spacial score (nSPS) is 16.7. The monoisotopic (exact) mass is 241 g/mol. The highest BCUT2D eigenvalue weighted by atomic mass is 15.0. The minimum absolute atomic E-state index is 0.603. The second-order valence-electron chi connectivity index (χ2n) is 4.81. The van der Waals surface area contributed by atoms with Crippen LogP contribution in [0.15, 0.2) is 48.8 Å². The fourth-order valence-corrected chi connectivity index (χ4v) is 2.46. The summed E-state index contributed by atoms with van der Waals surface area (Å²) in [6.07, 6.45) is 6.55. The Morgan fingerprint density at radius 3 is 2.61 bits per heavy atom. The second-order valence-corrected chi connectivity index (χ2v) is 4.81. The van der Waals surface area contributed by atoms with E-state index in [1.54, 1.807) is 0 Å². The molecule has 0 amide bonds. The van der Waals surface area contributed by atoms with E-state index in [1.807, 2.05) is 12.1 Å². The first-order valence-electron chi connectivity index (χ1n) is 6.62. The summed E-state index contributed by atoms with van der Waals surface area (Å²) in [5, 5.41) is 7.02. The van der Waals surface area contributed by atoms with Gasteiger partial charge in [-0.25, -0.2) is 0 Å². The highest BCUT2D eigenvalue weighted by Crippen LogP contribution is 2.17. The first-order chi connectivity index (χ1) is 8.92. The van der Waals surface area contributed by atoms with Crippen LogP contribution in [0, 0.1) is 0 Å². The Kier molecular flexibility index (Phi) is 3.33. The quantitative estimate of drug-likeness (QED) is 0.865. The number of aromatic nitrogens is 1. The Balaban J connectivity index is 1.74. The number of hydrogen-bond acceptors (Lipinski definition) is 2. The standard InChI is InChI=1S/C15H19N3/c1-2-11-18(10-1)15-5-3-4-14(12-15)17-13-6-8-16-9-7-13/h1-5,10-13,16-17H,6-9H2. The van der Waals surface area contributed by atoms with Gasteiger partial charge < -0.3 is 15.2 Å². The van der Waals surface area contributed by atoms with Gasteiger partial charge in [-0.1, -0.05) is 6.07 Å². The van der Waals surface area contributed by atoms with Crippen molar-refractivity contribution in [2.75, 3.05) is 18.4 Å². The molecule has 0 bridgehead atoms. The van der Waals surface area contributed by atoms with Gasteiger partial charge in [0, 0.05) is 29.8 Å². The van der Waals surface area contributed by atoms with E-state index in [1.165, 1.54) is 24.2 Å². The van der Waals surface area contributed by atoms with Crippen LogP contribution in [0.2, 0.25) is 0 Å². The fraction of sp³-hybridized carbons (Fsp3) is 0.333. The van der Waals surface area contributed by atoms with Gasteiger partial charge >= 0.3 is 0 Å². The molecule has 94 valence electrons. The van der Waals surface area contributed by atoms with Crippen molar-refractivity contribution < 1.29 is 0 Å². The van der Waals surface area contributed by atoms with Crippen LogP contribution in [0.3, 0.4) is 0 Å². The van der Waals surface area contributed by atoms with E-state index in [0.717, 1.165) is 13.1 Å². The topological polar surface area (TPSA) is 29.0 Å². The van der Waals surface area contributed by atoms with E-state index >= 15 is 0 Å². The van der Waals surface area contributed by atoms with Gasteiger partial charge in [0.05, 0.1) is 0 Å². The van der Waals surface area contributed by atoms with Crippen LogP contribution in [0.4, 0.5) is 5.69 Å². The highest BCUT2D eigenvalue weighted by Gasteiger charge is 2.12. The molecule has 1 aliphatic heterocycles. The lowest BCUT2D eigenvalue weighted by Gasteiger charge is -2.24. The fourth-order valence-electron chi connectivity index (χ4n) is 2.46. The summed E-state index contributed by atoms with van der Waals surface area (Å²) in [7, 11) is 0. The molecule has 0 atom stereocenters. The molecule has 0 unspecified atom stereocenters. The molecule has 2 N–H and O–H groups in total. The van der Waals surface area contributed by atoms with Crippen LogP contribution >= 0.6 is 0 Å². The molecule has 3 nitrogen and oxygen atoms in total. The predicted octanol–water partition coefficient (Wildman–Crippen LogP) is 2.64. The van der Waals surface area contributed by atoms with Crippen molar-refractivity contribution in [2.24, 2.45) is 0 Å². The molecule has 1 saturated heterocycles. The van der Waals surface area contributed by atoms with Crippen LogP contribution < -0.4 is 10.6 Å². The molecule has 0 spiro atoms. The van der Waals surface area contributed by atoms with Gasteiger partial charge in [-0.3, -0.25) is 0 Å². The number of piperidine rings is 1. The maximum Gasteiger partial charge on any atom is 0.0469 e. The van der Waals surface area contributed by atoms with Crippen LogP contribution in [0.1, 0.15) is 12.8 Å². The first kappa shape index (κ1) is 11.4. The summed E-state index contributed by atoms with van der Waals surface area (Å²) in [4.78, 5) is 0. The summed E-state index contributed by atoms with van der Waals surface area (Å²) in [5.41, 5.74) is 2.42. The summed E-state index contributed by atoms with van der Waals surface area (Å²) in [5.74, 6) is 0. The van der Waals surface area contributed by atoms with Crippen molar-refractivity contribution >= 4 is 5.69 Å². The third-order valence-electron chi connectivity index (χ3n) is 3.46. The number of anilines is 1. The molecule has 0 radical (unpaired) electrons. The molecule has 1 aliphatic rings. The van der Waals surface area contributed by atoms with Gasteiger partial charge in [-0.15, -0.1) is 0 Å². The van der Waals surface area contributed by atoms with Gasteiger partial charge in [0.1, 0.15) is 0 Å². The number of rotatable bonds is 3. The average molecular weight is 241 g/mol. The van der Waals surface area contributed by atoms with Crippen LogP contribution in [-0.4, -0.2) is 23.7 Å². The Morgan fingerprint density at radius 2 is 1.83 bits per heavy atom. The molecule has 0 saturated carbocycles. The predicted molar refractivity (Wildman–Crippen MR) is 75.3 cm³/mol. The zero-order valence-corrected chi connectivity index (χ0v) is 10.5. The van der Waals surface area contributed by atoms with E-state index in [-0.39, 0.29) is 0 Å². The lowest BCUT2D eigenvalue weighted by molar-refractivity contribution is 0.479. The first-order valence-corrected chi connectivity index (χ1v) is 6.62. The van der Waals surface area contributed by atoms with Crippen molar-refractivity contribution in [1.29, 1.82) is 0 Å². The minimum Gasteiger partial charge on any atom is -0.382 e. The Labute approximate surface area is 108 Å². The Morgan fingerprint density at radius 1 is 1.06 bits per heavy atom. The molecule has 3 rings (SSSR count). The number of benzene rings is 1. The highest BCUT2D eigenvalue weighted by molar-refractivity contribution is 5.51. The molecule has 3 heteroatoms. The van der Waals surface area contributed by atoms with Gasteiger partial charge in [0.2, 0.25) is 0 Å². The van der Waals surface area contributed by atoms with E-state index < -0.39 is 0 Å². The van der Waals surface area contributed by atoms with Crippen molar-refractivity contribution in [1.82, 2.24) is 9.88 Å². The van der Waals surface area contributed by atoms with Gasteiger partial charge in [-0.2, -0.15) is 0 Å². The molecular formula is C15H19N3. The van der Waals surface area contributed by atoms with Gasteiger partial charge in [-0.05, 0) is 56.3 Å². The number of nitrogens with one attached hydrogen (secondary N) is 2. The molecule has 1 aromatic carbocycles. The molecule has 1 aromatic heterocycles. The van der Waals surface area contributed by atoms with Crippen LogP contribution in [-0.2, 0) is 0 Å². The van der Waals surface area contributed by atoms with Crippen LogP contribution in [0.25, 0.3) is 5.69 Å². The summed E-state index contributed by atoms with van der Waals surface area (Å²) in [6, 6.07) is 13.3. The van der Waals surface area contributed by atoms with E-state index in [4.69, 9.17) is 0 Å². The van der Waals surface area contributed by atoms with Crippen LogP contribution in [0.5, 0.6) is 0 Å². The molecule has 1 fully saturated rings. The summed E-state index contributed by atoms with van der Waals surface area (Å²) < 4.78 is 2.13. The summed E-state index contributed by atoms with van der Waals surface area (Å²) in [6.45, 7) is 2.24. The molecular weight excluding hydrogens is 222 g/mol. The van der Waals surface area contributed by atoms with Crippen molar-refractivity contribution in [3.05, 3.63) is 48.8 Å². The average Bonchev–Trinajstić information content (AvgIpc) is 2.94. The SMILES string of the molecule is c1cc(NC2CCNCC2)cc(-n2cccc2)c1. The summed E-state index contributed by atoms with van der Waals surface area (Å²) >= 11 is 0. The third kappa shape index (κ3) is 2.57. The Hall–Kier alpha value is -1.74. The third-order valence-corrected chi connectivity index (χ3v) is 3.46. The van der Waals surface area contributed by atoms with Gasteiger partial charge in [0.25, 0.3) is 0 Å². The number of hydrogen-bond donors (Lipinski definition) is 2. The lowest BCUT2D eigenvalue weighted by Crippen LogP contribution is -2.35. The molecule has 18 heavy (non-hydrogen) atoms. The van der Waals surface area contributed by atoms with E-state index in [9.17, 15) is 0 Å². The van der Waals surface area contributed by atoms with Crippen molar-refractivity contribution in [3.63, 3.8) is 0 Å². The number of nitrogens with zero attached hydrogens (tertiary/aromatic N) is 1. The van der Waals surface area contributed by atoms with E-state index in [0.29, 0.717) is 6.04 Å².